The van der Waals surface area contributed by atoms with Crippen molar-refractivity contribution in [3.63, 3.8) is 0 Å². The van der Waals surface area contributed by atoms with Crippen molar-refractivity contribution in [3.8, 4) is 0 Å². The Morgan fingerprint density at radius 2 is 1.74 bits per heavy atom. The number of amides is 2. The summed E-state index contributed by atoms with van der Waals surface area (Å²) in [4.78, 5) is 27.8. The first-order valence-corrected chi connectivity index (χ1v) is 7.36. The predicted octanol–water partition coefficient (Wildman–Crippen LogP) is 0.844. The van der Waals surface area contributed by atoms with Crippen LogP contribution in [0, 0.1) is 0 Å². The van der Waals surface area contributed by atoms with Gasteiger partial charge in [-0.2, -0.15) is 0 Å². The van der Waals surface area contributed by atoms with Crippen LogP contribution in [0.1, 0.15) is 40.5 Å². The molecule has 1 saturated carbocycles. The molecule has 1 unspecified atom stereocenters. The summed E-state index contributed by atoms with van der Waals surface area (Å²) >= 11 is 0. The minimum Gasteiger partial charge on any atom is -0.342 e. The molecule has 0 radical (unpaired) electrons. The van der Waals surface area contributed by atoms with Gasteiger partial charge in [0.25, 0.3) is 0 Å². The molecular weight excluding hydrogens is 242 g/mol. The molecule has 5 nitrogen and oxygen atoms in total. The molecule has 1 rings (SSSR count). The maximum Gasteiger partial charge on any atom is 0.239 e. The number of nitrogens with zero attached hydrogens (tertiary/aromatic N) is 2. The molecule has 0 aliphatic heterocycles. The molecule has 0 aromatic heterocycles. The third-order valence-electron chi connectivity index (χ3n) is 3.65. The largest absolute Gasteiger partial charge is 0.342 e. The van der Waals surface area contributed by atoms with E-state index in [4.69, 9.17) is 0 Å². The van der Waals surface area contributed by atoms with E-state index in [0.717, 1.165) is 19.4 Å². The van der Waals surface area contributed by atoms with Crippen molar-refractivity contribution in [1.29, 1.82) is 0 Å². The highest BCUT2D eigenvalue weighted by Crippen LogP contribution is 2.26. The number of carbonyl (C=O) groups excluding carboxylic acids is 2. The Labute approximate surface area is 116 Å². The second-order valence-corrected chi connectivity index (χ2v) is 5.02. The molecule has 1 N–H and O–H groups in total. The Morgan fingerprint density at radius 1 is 1.16 bits per heavy atom. The fourth-order valence-corrected chi connectivity index (χ4v) is 2.26. The maximum atomic E-state index is 12.0. The molecule has 0 aromatic carbocycles. The highest BCUT2D eigenvalue weighted by atomic mass is 16.2. The van der Waals surface area contributed by atoms with Crippen LogP contribution >= 0.6 is 0 Å². The first kappa shape index (κ1) is 16.0. The van der Waals surface area contributed by atoms with E-state index in [9.17, 15) is 9.59 Å². The van der Waals surface area contributed by atoms with E-state index in [0.29, 0.717) is 19.1 Å². The Bertz CT molecular complexity index is 312. The van der Waals surface area contributed by atoms with Gasteiger partial charge >= 0.3 is 0 Å². The average Bonchev–Trinajstić information content (AvgIpc) is 3.22. The number of carbonyl (C=O) groups is 2. The lowest BCUT2D eigenvalue weighted by molar-refractivity contribution is -0.133. The third kappa shape index (κ3) is 4.49. The molecule has 1 atom stereocenters. The van der Waals surface area contributed by atoms with Gasteiger partial charge in [0, 0.05) is 25.7 Å². The summed E-state index contributed by atoms with van der Waals surface area (Å²) < 4.78 is 0. The first-order chi connectivity index (χ1) is 9.04. The van der Waals surface area contributed by atoms with Crippen LogP contribution in [0.4, 0.5) is 0 Å². The van der Waals surface area contributed by atoms with E-state index in [2.05, 4.69) is 5.32 Å². The van der Waals surface area contributed by atoms with Gasteiger partial charge in [-0.3, -0.25) is 14.9 Å². The smallest absolute Gasteiger partial charge is 0.239 e. The molecular formula is C14H27N3O2. The van der Waals surface area contributed by atoms with Gasteiger partial charge in [-0.25, -0.2) is 0 Å². The summed E-state index contributed by atoms with van der Waals surface area (Å²) in [6.45, 7) is 10.2. The van der Waals surface area contributed by atoms with Crippen LogP contribution in [0.3, 0.4) is 0 Å². The summed E-state index contributed by atoms with van der Waals surface area (Å²) in [6, 6.07) is 0.134. The molecule has 5 heteroatoms. The molecule has 0 spiro atoms. The lowest BCUT2D eigenvalue weighted by atomic mass is 10.2. The summed E-state index contributed by atoms with van der Waals surface area (Å²) in [5.41, 5.74) is 0. The monoisotopic (exact) mass is 269 g/mol. The number of hydrogen-bond acceptors (Lipinski definition) is 3. The first-order valence-electron chi connectivity index (χ1n) is 7.36. The molecule has 1 aliphatic rings. The van der Waals surface area contributed by atoms with Gasteiger partial charge in [-0.15, -0.1) is 0 Å². The molecule has 0 aromatic rings. The molecule has 0 heterocycles. The van der Waals surface area contributed by atoms with Crippen molar-refractivity contribution in [2.24, 2.45) is 0 Å². The SMILES string of the molecule is CCN(CC)C(=O)C(C)NCC(=O)N(CC)C1CC1. The van der Waals surface area contributed by atoms with Crippen LogP contribution in [-0.4, -0.2) is 59.9 Å². The molecule has 1 aliphatic carbocycles. The molecule has 0 saturated heterocycles. The topological polar surface area (TPSA) is 52.7 Å². The van der Waals surface area contributed by atoms with Crippen molar-refractivity contribution in [1.82, 2.24) is 15.1 Å². The zero-order valence-corrected chi connectivity index (χ0v) is 12.6. The zero-order chi connectivity index (χ0) is 14.4. The van der Waals surface area contributed by atoms with E-state index in [1.54, 1.807) is 4.90 Å². The zero-order valence-electron chi connectivity index (χ0n) is 12.6. The van der Waals surface area contributed by atoms with Crippen molar-refractivity contribution in [2.45, 2.75) is 52.6 Å². The quantitative estimate of drug-likeness (QED) is 0.710. The van der Waals surface area contributed by atoms with Crippen LogP contribution in [0.5, 0.6) is 0 Å². The maximum absolute atomic E-state index is 12.0. The van der Waals surface area contributed by atoms with Crippen LogP contribution < -0.4 is 5.32 Å². The number of rotatable bonds is 8. The molecule has 110 valence electrons. The van der Waals surface area contributed by atoms with E-state index >= 15 is 0 Å². The highest BCUT2D eigenvalue weighted by Gasteiger charge is 2.31. The minimum absolute atomic E-state index is 0.0623. The van der Waals surface area contributed by atoms with E-state index in [1.165, 1.54) is 0 Å². The number of hydrogen-bond donors (Lipinski definition) is 1. The Morgan fingerprint density at radius 3 is 2.16 bits per heavy atom. The van der Waals surface area contributed by atoms with Crippen molar-refractivity contribution >= 4 is 11.8 Å². The lowest BCUT2D eigenvalue weighted by Gasteiger charge is -2.25. The second-order valence-electron chi connectivity index (χ2n) is 5.02. The van der Waals surface area contributed by atoms with Gasteiger partial charge in [-0.05, 0) is 40.5 Å². The normalized spacial score (nSPS) is 16.0. The van der Waals surface area contributed by atoms with Crippen LogP contribution in [0.2, 0.25) is 0 Å². The van der Waals surface area contributed by atoms with E-state index < -0.39 is 0 Å². The Balaban J connectivity index is 2.38. The van der Waals surface area contributed by atoms with E-state index in [-0.39, 0.29) is 24.4 Å². The minimum atomic E-state index is -0.304. The van der Waals surface area contributed by atoms with Gasteiger partial charge in [0.05, 0.1) is 12.6 Å². The Kier molecular flexibility index (Phi) is 6.28. The molecule has 0 bridgehead atoms. The summed E-state index contributed by atoms with van der Waals surface area (Å²) in [6.07, 6.45) is 2.24. The third-order valence-corrected chi connectivity index (χ3v) is 3.65. The predicted molar refractivity (Wildman–Crippen MR) is 75.8 cm³/mol. The summed E-state index contributed by atoms with van der Waals surface area (Å²) in [7, 11) is 0. The van der Waals surface area contributed by atoms with Crippen molar-refractivity contribution in [3.05, 3.63) is 0 Å². The fourth-order valence-electron chi connectivity index (χ4n) is 2.26. The highest BCUT2D eigenvalue weighted by molar-refractivity contribution is 5.83. The van der Waals surface area contributed by atoms with Crippen LogP contribution in [0.15, 0.2) is 0 Å². The van der Waals surface area contributed by atoms with Gasteiger partial charge in [0.1, 0.15) is 0 Å². The number of likely N-dealkylation sites (N-methyl/N-ethyl adjacent to an activating group) is 2. The van der Waals surface area contributed by atoms with Crippen LogP contribution in [-0.2, 0) is 9.59 Å². The van der Waals surface area contributed by atoms with Gasteiger partial charge in [-0.1, -0.05) is 0 Å². The number of nitrogens with one attached hydrogen (secondary N) is 1. The van der Waals surface area contributed by atoms with Crippen LogP contribution in [0.25, 0.3) is 0 Å². The van der Waals surface area contributed by atoms with Crippen molar-refractivity contribution in [2.75, 3.05) is 26.2 Å². The van der Waals surface area contributed by atoms with Gasteiger partial charge in [0.2, 0.25) is 11.8 Å². The average molecular weight is 269 g/mol. The fraction of sp³-hybridized carbons (Fsp3) is 0.857. The molecule has 2 amide bonds. The lowest BCUT2D eigenvalue weighted by Crippen LogP contribution is -2.48. The summed E-state index contributed by atoms with van der Waals surface area (Å²) in [5, 5.41) is 3.05. The molecule has 19 heavy (non-hydrogen) atoms. The Hall–Kier alpha value is -1.10. The molecule has 1 fully saturated rings. The second kappa shape index (κ2) is 7.48. The van der Waals surface area contributed by atoms with Gasteiger partial charge in [0.15, 0.2) is 0 Å². The van der Waals surface area contributed by atoms with Gasteiger partial charge < -0.3 is 9.80 Å². The summed E-state index contributed by atoms with van der Waals surface area (Å²) in [5.74, 6) is 0.163. The standard InChI is InChI=1S/C14H27N3O2/c1-5-16(6-2)14(19)11(4)15-10-13(18)17(7-3)12-8-9-12/h11-12,15H,5-10H2,1-4H3. The van der Waals surface area contributed by atoms with Crippen molar-refractivity contribution < 1.29 is 9.59 Å². The van der Waals surface area contributed by atoms with E-state index in [1.807, 2.05) is 32.6 Å².